The van der Waals surface area contributed by atoms with Crippen LogP contribution in [0.15, 0.2) is 30.5 Å². The van der Waals surface area contributed by atoms with E-state index in [1.165, 1.54) is 38.0 Å². The van der Waals surface area contributed by atoms with Gasteiger partial charge < -0.3 is 9.47 Å². The molecular weight excluding hydrogens is 252 g/mol. The number of benzene rings is 1. The Balaban J connectivity index is 2.46. The fourth-order valence-corrected chi connectivity index (χ4v) is 2.49. The molecule has 0 atom stereocenters. The summed E-state index contributed by atoms with van der Waals surface area (Å²) >= 11 is 0. The van der Waals surface area contributed by atoms with E-state index in [1.54, 1.807) is 0 Å². The minimum absolute atomic E-state index is 0.382. The first-order chi connectivity index (χ1) is 9.67. The summed E-state index contributed by atoms with van der Waals surface area (Å²) in [5, 5.41) is 0. The average molecular weight is 272 g/mol. The predicted molar refractivity (Wildman–Crippen MR) is 80.0 cm³/mol. The van der Waals surface area contributed by atoms with Crippen molar-refractivity contribution in [3.8, 4) is 0 Å². The molecule has 20 heavy (non-hydrogen) atoms. The van der Waals surface area contributed by atoms with Gasteiger partial charge in [-0.2, -0.15) is 0 Å². The number of hydrogen-bond donors (Lipinski definition) is 0. The van der Waals surface area contributed by atoms with E-state index in [-0.39, 0.29) is 5.97 Å². The van der Waals surface area contributed by atoms with Crippen molar-refractivity contribution in [2.24, 2.45) is 0 Å². The van der Waals surface area contributed by atoms with Crippen molar-refractivity contribution >= 4 is 17.1 Å². The largest absolute Gasteiger partial charge is 0.503 e. The first kappa shape index (κ1) is 14.4. The maximum atomic E-state index is 11.9. The molecule has 1 aromatic rings. The third kappa shape index (κ3) is 2.93. The second-order valence-corrected chi connectivity index (χ2v) is 4.91. The van der Waals surface area contributed by atoms with E-state index < -0.39 is 0 Å². The summed E-state index contributed by atoms with van der Waals surface area (Å²) in [6.07, 6.45) is 7.16. The van der Waals surface area contributed by atoms with E-state index >= 15 is 0 Å². The summed E-state index contributed by atoms with van der Waals surface area (Å²) < 4.78 is 9.86. The topological polar surface area (TPSA) is 35.5 Å². The van der Waals surface area contributed by atoms with Gasteiger partial charge in [0.1, 0.15) is 5.57 Å². The van der Waals surface area contributed by atoms with Crippen molar-refractivity contribution in [3.63, 3.8) is 0 Å². The highest BCUT2D eigenvalue weighted by molar-refractivity contribution is 6.16. The minimum atomic E-state index is -0.382. The molecule has 3 nitrogen and oxygen atoms in total. The third-order valence-electron chi connectivity index (χ3n) is 3.58. The Labute approximate surface area is 119 Å². The van der Waals surface area contributed by atoms with Crippen LogP contribution in [0.25, 0.3) is 11.1 Å². The van der Waals surface area contributed by atoms with Crippen LogP contribution in [0.1, 0.15) is 36.0 Å². The zero-order valence-electron chi connectivity index (χ0n) is 12.2. The van der Waals surface area contributed by atoms with Gasteiger partial charge in [0.15, 0.2) is 0 Å². The van der Waals surface area contributed by atoms with Gasteiger partial charge in [-0.3, -0.25) is 0 Å². The average Bonchev–Trinajstić information content (AvgIpc) is 2.99. The highest BCUT2D eigenvalue weighted by Gasteiger charge is 2.17. The Hall–Kier alpha value is -2.03. The molecule has 0 bridgehead atoms. The minimum Gasteiger partial charge on any atom is -0.503 e. The first-order valence-corrected chi connectivity index (χ1v) is 6.79. The fourth-order valence-electron chi connectivity index (χ4n) is 2.49. The lowest BCUT2D eigenvalue weighted by Crippen LogP contribution is -2.06. The lowest BCUT2D eigenvalue weighted by atomic mass is 9.95. The van der Waals surface area contributed by atoms with Gasteiger partial charge in [0.2, 0.25) is 0 Å². The van der Waals surface area contributed by atoms with Gasteiger partial charge in [0.05, 0.1) is 20.5 Å². The van der Waals surface area contributed by atoms with Crippen molar-refractivity contribution in [2.45, 2.75) is 26.2 Å². The summed E-state index contributed by atoms with van der Waals surface area (Å²) in [6, 6.07) is 6.20. The summed E-state index contributed by atoms with van der Waals surface area (Å²) in [5.74, 6) is -0.382. The third-order valence-corrected chi connectivity index (χ3v) is 3.58. The molecule has 2 rings (SSSR count). The zero-order chi connectivity index (χ0) is 14.5. The van der Waals surface area contributed by atoms with E-state index in [0.717, 1.165) is 24.0 Å². The number of carbonyl (C=O) groups is 1. The van der Waals surface area contributed by atoms with Gasteiger partial charge in [-0.25, -0.2) is 4.79 Å². The van der Waals surface area contributed by atoms with Gasteiger partial charge in [-0.15, -0.1) is 0 Å². The molecule has 1 aliphatic carbocycles. The Kier molecular flexibility index (Phi) is 4.61. The Morgan fingerprint density at radius 2 is 2.10 bits per heavy atom. The van der Waals surface area contributed by atoms with E-state index in [0.29, 0.717) is 5.57 Å². The molecule has 0 saturated carbocycles. The standard InChI is InChI=1S/C17H20O3/c1-12-8-9-14(13-6-4-5-7-13)10-15(12)16(11-19-2)17(18)20-3/h6,8-11H,4-5,7H2,1-3H3/b16-11+. The molecule has 106 valence electrons. The van der Waals surface area contributed by atoms with Crippen molar-refractivity contribution < 1.29 is 14.3 Å². The van der Waals surface area contributed by atoms with Crippen molar-refractivity contribution in [3.05, 3.63) is 47.2 Å². The molecule has 0 amide bonds. The van der Waals surface area contributed by atoms with Crippen LogP contribution in [0.2, 0.25) is 0 Å². The summed E-state index contributed by atoms with van der Waals surface area (Å²) in [7, 11) is 2.91. The normalized spacial score (nSPS) is 14.9. The van der Waals surface area contributed by atoms with Crippen LogP contribution in [-0.2, 0) is 14.3 Å². The van der Waals surface area contributed by atoms with Gasteiger partial charge in [0, 0.05) is 0 Å². The molecule has 0 spiro atoms. The molecule has 0 radical (unpaired) electrons. The van der Waals surface area contributed by atoms with Gasteiger partial charge in [-0.05, 0) is 54.5 Å². The molecule has 0 saturated heterocycles. The second kappa shape index (κ2) is 6.42. The molecule has 0 aliphatic heterocycles. The number of carbonyl (C=O) groups excluding carboxylic acids is 1. The SMILES string of the molecule is CO/C=C(/C(=O)OC)c1cc(C2=CCCC2)ccc1C. The lowest BCUT2D eigenvalue weighted by Gasteiger charge is -2.12. The molecular formula is C17H20O3. The Morgan fingerprint density at radius 1 is 1.30 bits per heavy atom. The van der Waals surface area contributed by atoms with E-state index in [1.807, 2.05) is 19.1 Å². The highest BCUT2D eigenvalue weighted by atomic mass is 16.5. The molecule has 0 unspecified atom stereocenters. The van der Waals surface area contributed by atoms with Gasteiger partial charge >= 0.3 is 5.97 Å². The van der Waals surface area contributed by atoms with Crippen LogP contribution in [-0.4, -0.2) is 20.2 Å². The van der Waals surface area contributed by atoms with Crippen LogP contribution in [0.4, 0.5) is 0 Å². The van der Waals surface area contributed by atoms with E-state index in [2.05, 4.69) is 12.1 Å². The van der Waals surface area contributed by atoms with E-state index in [4.69, 9.17) is 9.47 Å². The number of allylic oxidation sites excluding steroid dienone is 2. The van der Waals surface area contributed by atoms with E-state index in [9.17, 15) is 4.79 Å². The fraction of sp³-hybridized carbons (Fsp3) is 0.353. The smallest absolute Gasteiger partial charge is 0.341 e. The molecule has 0 fully saturated rings. The first-order valence-electron chi connectivity index (χ1n) is 6.79. The van der Waals surface area contributed by atoms with Gasteiger partial charge in [-0.1, -0.05) is 18.2 Å². The van der Waals surface area contributed by atoms with Crippen molar-refractivity contribution in [1.29, 1.82) is 0 Å². The predicted octanol–water partition coefficient (Wildman–Crippen LogP) is 3.72. The summed E-state index contributed by atoms with van der Waals surface area (Å²) in [5.41, 5.74) is 4.87. The Bertz CT molecular complexity index is 568. The van der Waals surface area contributed by atoms with Crippen LogP contribution >= 0.6 is 0 Å². The molecule has 3 heteroatoms. The number of hydrogen-bond acceptors (Lipinski definition) is 3. The highest BCUT2D eigenvalue weighted by Crippen LogP contribution is 2.31. The monoisotopic (exact) mass is 272 g/mol. The van der Waals surface area contributed by atoms with Crippen molar-refractivity contribution in [2.75, 3.05) is 14.2 Å². The number of methoxy groups -OCH3 is 2. The Morgan fingerprint density at radius 3 is 2.70 bits per heavy atom. The summed E-state index contributed by atoms with van der Waals surface area (Å²) in [6.45, 7) is 1.98. The van der Waals surface area contributed by atoms with Gasteiger partial charge in [0.25, 0.3) is 0 Å². The zero-order valence-corrected chi connectivity index (χ0v) is 12.2. The quantitative estimate of drug-likeness (QED) is 0.476. The van der Waals surface area contributed by atoms with Crippen LogP contribution < -0.4 is 0 Å². The lowest BCUT2D eigenvalue weighted by molar-refractivity contribution is -0.133. The van der Waals surface area contributed by atoms with Crippen molar-refractivity contribution in [1.82, 2.24) is 0 Å². The second-order valence-electron chi connectivity index (χ2n) is 4.91. The number of aryl methyl sites for hydroxylation is 1. The number of rotatable bonds is 4. The summed E-state index contributed by atoms with van der Waals surface area (Å²) in [4.78, 5) is 11.9. The van der Waals surface area contributed by atoms with Crippen LogP contribution in [0.3, 0.4) is 0 Å². The number of esters is 1. The molecule has 0 aromatic heterocycles. The maximum absolute atomic E-state index is 11.9. The molecule has 1 aliphatic rings. The molecule has 0 heterocycles. The molecule has 1 aromatic carbocycles. The molecule has 0 N–H and O–H groups in total. The van der Waals surface area contributed by atoms with Crippen LogP contribution in [0.5, 0.6) is 0 Å². The number of ether oxygens (including phenoxy) is 2. The maximum Gasteiger partial charge on any atom is 0.341 e. The van der Waals surface area contributed by atoms with Crippen LogP contribution in [0, 0.1) is 6.92 Å².